The van der Waals surface area contributed by atoms with Gasteiger partial charge in [-0.15, -0.1) is 0 Å². The largest absolute Gasteiger partial charge is 0.493 e. The molecule has 0 aliphatic heterocycles. The van der Waals surface area contributed by atoms with Crippen molar-refractivity contribution in [3.63, 3.8) is 0 Å². The molecule has 0 radical (unpaired) electrons. The van der Waals surface area contributed by atoms with Gasteiger partial charge in [-0.2, -0.15) is 14.6 Å². The number of fused-ring (bicyclic) bond motifs is 1. The van der Waals surface area contributed by atoms with Crippen molar-refractivity contribution in [1.82, 2.24) is 14.6 Å². The summed E-state index contributed by atoms with van der Waals surface area (Å²) >= 11 is 1.11. The molecule has 0 aliphatic carbocycles. The molecule has 2 heterocycles. The minimum Gasteiger partial charge on any atom is -0.493 e. The van der Waals surface area contributed by atoms with E-state index in [1.165, 1.54) is 11.6 Å². The van der Waals surface area contributed by atoms with Crippen LogP contribution < -0.4 is 25.1 Å². The molecule has 0 aliphatic rings. The van der Waals surface area contributed by atoms with Gasteiger partial charge in [-0.3, -0.25) is 9.59 Å². The molecule has 8 heteroatoms. The van der Waals surface area contributed by atoms with Crippen LogP contribution in [-0.4, -0.2) is 28.8 Å². The van der Waals surface area contributed by atoms with Crippen molar-refractivity contribution in [2.45, 2.75) is 6.42 Å². The molecule has 0 bridgehead atoms. The summed E-state index contributed by atoms with van der Waals surface area (Å²) in [6.07, 6.45) is 2.00. The van der Waals surface area contributed by atoms with E-state index >= 15 is 0 Å². The fraction of sp³-hybridized carbons (Fsp3) is 0.143. The van der Waals surface area contributed by atoms with E-state index in [9.17, 15) is 9.59 Å². The molecule has 0 amide bonds. The first-order valence-corrected chi connectivity index (χ1v) is 9.61. The quantitative estimate of drug-likeness (QED) is 0.501. The molecular formula is C21H17N3O4S. The van der Waals surface area contributed by atoms with Gasteiger partial charge in [0.15, 0.2) is 11.5 Å². The Bertz CT molecular complexity index is 1350. The molecule has 2 aromatic carbocycles. The number of aromatic nitrogens is 3. The Morgan fingerprint density at radius 2 is 1.83 bits per heavy atom. The topological polar surface area (TPSA) is 82.8 Å². The van der Waals surface area contributed by atoms with E-state index in [-0.39, 0.29) is 16.2 Å². The summed E-state index contributed by atoms with van der Waals surface area (Å²) in [6, 6.07) is 14.9. The summed E-state index contributed by atoms with van der Waals surface area (Å²) in [4.78, 5) is 29.6. The number of nitrogens with zero attached hydrogens (tertiary/aromatic N) is 3. The van der Waals surface area contributed by atoms with Gasteiger partial charge in [-0.1, -0.05) is 53.8 Å². The van der Waals surface area contributed by atoms with Crippen molar-refractivity contribution in [3.8, 4) is 11.5 Å². The lowest BCUT2D eigenvalue weighted by Gasteiger charge is -2.09. The maximum absolute atomic E-state index is 12.9. The normalized spacial score (nSPS) is 11.7. The molecule has 0 saturated heterocycles. The van der Waals surface area contributed by atoms with Crippen LogP contribution in [0.5, 0.6) is 11.5 Å². The van der Waals surface area contributed by atoms with Crippen molar-refractivity contribution in [2.75, 3.05) is 14.2 Å². The first kappa shape index (κ1) is 18.8. The number of hydrogen-bond acceptors (Lipinski definition) is 7. The van der Waals surface area contributed by atoms with Gasteiger partial charge in [0, 0.05) is 12.0 Å². The predicted molar refractivity (Wildman–Crippen MR) is 111 cm³/mol. The minimum atomic E-state index is -0.430. The van der Waals surface area contributed by atoms with Gasteiger partial charge < -0.3 is 9.47 Å². The van der Waals surface area contributed by atoms with Gasteiger partial charge in [-0.25, -0.2) is 0 Å². The molecule has 146 valence electrons. The van der Waals surface area contributed by atoms with Crippen molar-refractivity contribution in [2.24, 2.45) is 0 Å². The Balaban J connectivity index is 1.84. The first-order valence-electron chi connectivity index (χ1n) is 8.80. The standard InChI is InChI=1S/C21H17N3O4S/c1-27-16-10-6-9-14(18(16)28-2)12-17-20(26)24-21(29-17)22-19(25)15(23-24)11-13-7-4-3-5-8-13/h3-10,12H,11H2,1-2H3. The van der Waals surface area contributed by atoms with Crippen LogP contribution in [0.3, 0.4) is 0 Å². The highest BCUT2D eigenvalue weighted by molar-refractivity contribution is 7.15. The number of thiazole rings is 1. The van der Waals surface area contributed by atoms with Gasteiger partial charge in [0.05, 0.1) is 18.8 Å². The number of ether oxygens (including phenoxy) is 2. The van der Waals surface area contributed by atoms with Crippen LogP contribution in [0.25, 0.3) is 11.0 Å². The lowest BCUT2D eigenvalue weighted by atomic mass is 10.1. The molecule has 4 rings (SSSR count). The molecule has 0 spiro atoms. The molecule has 0 saturated carbocycles. The maximum Gasteiger partial charge on any atom is 0.296 e. The van der Waals surface area contributed by atoms with E-state index < -0.39 is 5.56 Å². The third-order valence-corrected chi connectivity index (χ3v) is 5.34. The van der Waals surface area contributed by atoms with Gasteiger partial charge >= 0.3 is 0 Å². The van der Waals surface area contributed by atoms with Crippen LogP contribution in [0.1, 0.15) is 16.8 Å². The Hall–Kier alpha value is -3.52. The molecule has 0 unspecified atom stereocenters. The fourth-order valence-corrected chi connectivity index (χ4v) is 3.90. The smallest absolute Gasteiger partial charge is 0.296 e. The van der Waals surface area contributed by atoms with Crippen molar-refractivity contribution < 1.29 is 9.47 Å². The third kappa shape index (κ3) is 3.62. The van der Waals surface area contributed by atoms with Gasteiger partial charge in [0.1, 0.15) is 5.69 Å². The summed E-state index contributed by atoms with van der Waals surface area (Å²) in [5.74, 6) is 1.08. The van der Waals surface area contributed by atoms with Gasteiger partial charge in [-0.05, 0) is 17.7 Å². The van der Waals surface area contributed by atoms with Crippen molar-refractivity contribution in [1.29, 1.82) is 0 Å². The van der Waals surface area contributed by atoms with E-state index in [0.717, 1.165) is 16.9 Å². The van der Waals surface area contributed by atoms with Crippen molar-refractivity contribution in [3.05, 3.63) is 90.6 Å². The Morgan fingerprint density at radius 3 is 2.55 bits per heavy atom. The molecule has 2 aromatic heterocycles. The van der Waals surface area contributed by atoms with Crippen molar-refractivity contribution >= 4 is 22.4 Å². The number of benzene rings is 2. The zero-order chi connectivity index (χ0) is 20.4. The Labute approximate surface area is 169 Å². The van der Waals surface area contributed by atoms with Crippen LogP contribution in [0.2, 0.25) is 0 Å². The molecule has 4 aromatic rings. The number of hydrogen-bond donors (Lipinski definition) is 0. The van der Waals surface area contributed by atoms with Gasteiger partial charge in [0.25, 0.3) is 11.1 Å². The highest BCUT2D eigenvalue weighted by Gasteiger charge is 2.13. The van der Waals surface area contributed by atoms with E-state index in [2.05, 4.69) is 10.1 Å². The molecular weight excluding hydrogens is 390 g/mol. The predicted octanol–water partition coefficient (Wildman–Crippen LogP) is 1.67. The van der Waals surface area contributed by atoms with Gasteiger partial charge in [0.2, 0.25) is 4.96 Å². The van der Waals surface area contributed by atoms with Crippen LogP contribution in [0.4, 0.5) is 0 Å². The summed E-state index contributed by atoms with van der Waals surface area (Å²) in [5, 5.41) is 4.27. The maximum atomic E-state index is 12.9. The van der Waals surface area contributed by atoms with Crippen LogP contribution in [0, 0.1) is 0 Å². The monoisotopic (exact) mass is 407 g/mol. The average Bonchev–Trinajstić information content (AvgIpc) is 3.03. The average molecular weight is 407 g/mol. The SMILES string of the molecule is COc1cccc(C=c2sc3nc(=O)c(Cc4ccccc4)nn3c2=O)c1OC. The van der Waals surface area contributed by atoms with Crippen LogP contribution in [0.15, 0.2) is 58.1 Å². The summed E-state index contributed by atoms with van der Waals surface area (Å²) in [5.41, 5.74) is 1.07. The number of para-hydroxylation sites is 1. The minimum absolute atomic E-state index is 0.231. The highest BCUT2D eigenvalue weighted by Crippen LogP contribution is 2.30. The molecule has 0 fully saturated rings. The Morgan fingerprint density at radius 1 is 1.03 bits per heavy atom. The van der Waals surface area contributed by atoms with E-state index in [1.54, 1.807) is 19.3 Å². The molecule has 0 atom stereocenters. The zero-order valence-corrected chi connectivity index (χ0v) is 16.6. The Kier molecular flexibility index (Phi) is 5.09. The van der Waals surface area contributed by atoms with E-state index in [1.807, 2.05) is 42.5 Å². The van der Waals surface area contributed by atoms with E-state index in [0.29, 0.717) is 28.0 Å². The second-order valence-electron chi connectivity index (χ2n) is 6.22. The number of methoxy groups -OCH3 is 2. The second kappa shape index (κ2) is 7.84. The molecule has 7 nitrogen and oxygen atoms in total. The molecule has 29 heavy (non-hydrogen) atoms. The summed E-state index contributed by atoms with van der Waals surface area (Å²) < 4.78 is 12.3. The first-order chi connectivity index (χ1) is 14.1. The summed E-state index contributed by atoms with van der Waals surface area (Å²) in [6.45, 7) is 0. The van der Waals surface area contributed by atoms with Crippen LogP contribution in [-0.2, 0) is 6.42 Å². The van der Waals surface area contributed by atoms with Crippen LogP contribution >= 0.6 is 11.3 Å². The zero-order valence-electron chi connectivity index (χ0n) is 15.8. The molecule has 0 N–H and O–H groups in total. The summed E-state index contributed by atoms with van der Waals surface area (Å²) in [7, 11) is 3.09. The lowest BCUT2D eigenvalue weighted by molar-refractivity contribution is 0.354. The third-order valence-electron chi connectivity index (χ3n) is 4.38. The number of rotatable bonds is 5. The second-order valence-corrected chi connectivity index (χ2v) is 7.23. The lowest BCUT2D eigenvalue weighted by Crippen LogP contribution is -2.28. The fourth-order valence-electron chi connectivity index (χ4n) is 3.01. The highest BCUT2D eigenvalue weighted by atomic mass is 32.1. The van der Waals surface area contributed by atoms with E-state index in [4.69, 9.17) is 9.47 Å².